The summed E-state index contributed by atoms with van der Waals surface area (Å²) < 4.78 is 54.6. The number of rotatable bonds is 5. The van der Waals surface area contributed by atoms with Gasteiger partial charge < -0.3 is 21.1 Å². The van der Waals surface area contributed by atoms with Gasteiger partial charge in [-0.15, -0.1) is 0 Å². The van der Waals surface area contributed by atoms with Gasteiger partial charge in [-0.2, -0.15) is 13.2 Å². The number of urea groups is 1. The number of nitrogens with zero attached hydrogens (tertiary/aromatic N) is 1. The van der Waals surface area contributed by atoms with Crippen molar-refractivity contribution >= 4 is 44.3 Å². The van der Waals surface area contributed by atoms with Crippen molar-refractivity contribution in [3.05, 3.63) is 53.8 Å². The zero-order valence-corrected chi connectivity index (χ0v) is 17.5. The Balaban J connectivity index is 1.56. The molecular formula is C20H17F4N5O3S. The number of aliphatic hydroxyl groups is 1. The first kappa shape index (κ1) is 22.9. The van der Waals surface area contributed by atoms with Crippen molar-refractivity contribution in [2.75, 3.05) is 23.7 Å². The summed E-state index contributed by atoms with van der Waals surface area (Å²) in [5.74, 6) is -2.04. The van der Waals surface area contributed by atoms with Crippen LogP contribution in [0.15, 0.2) is 42.5 Å². The molecule has 174 valence electrons. The Morgan fingerprint density at radius 3 is 2.39 bits per heavy atom. The van der Waals surface area contributed by atoms with E-state index in [1.807, 2.05) is 0 Å². The lowest BCUT2D eigenvalue weighted by Gasteiger charge is -2.34. The molecule has 5 N–H and O–H groups in total. The first-order valence-electron chi connectivity index (χ1n) is 9.61. The number of halogens is 4. The number of thiazole rings is 1. The van der Waals surface area contributed by atoms with Crippen LogP contribution in [0.3, 0.4) is 0 Å². The molecule has 2 aromatic carbocycles. The van der Waals surface area contributed by atoms with Crippen LogP contribution in [-0.2, 0) is 10.4 Å². The number of benzene rings is 2. The maximum absolute atomic E-state index is 13.8. The Morgan fingerprint density at radius 1 is 1.09 bits per heavy atom. The second-order valence-electron chi connectivity index (χ2n) is 7.32. The Bertz CT molecular complexity index is 1200. The fourth-order valence-corrected chi connectivity index (χ4v) is 4.00. The Kier molecular flexibility index (Phi) is 5.95. The number of amides is 3. The minimum atomic E-state index is -5.28. The van der Waals surface area contributed by atoms with E-state index < -0.39 is 41.1 Å². The third-order valence-electron chi connectivity index (χ3n) is 4.98. The molecule has 1 aliphatic rings. The fraction of sp³-hybridized carbons (Fsp3) is 0.250. The molecule has 0 saturated carbocycles. The third kappa shape index (κ3) is 4.60. The second-order valence-corrected chi connectivity index (χ2v) is 8.35. The number of nitrogens with one attached hydrogen (secondary N) is 4. The van der Waals surface area contributed by atoms with Crippen molar-refractivity contribution in [2.24, 2.45) is 0 Å². The average Bonchev–Trinajstić information content (AvgIpc) is 3.11. The molecule has 13 heteroatoms. The van der Waals surface area contributed by atoms with Gasteiger partial charge >= 0.3 is 12.2 Å². The molecule has 4 rings (SSSR count). The fourth-order valence-electron chi connectivity index (χ4n) is 3.10. The van der Waals surface area contributed by atoms with Gasteiger partial charge in [0.25, 0.3) is 11.5 Å². The van der Waals surface area contributed by atoms with Crippen LogP contribution < -0.4 is 21.3 Å². The summed E-state index contributed by atoms with van der Waals surface area (Å²) in [5, 5.41) is 20.5. The molecule has 0 spiro atoms. The molecule has 1 saturated heterocycles. The summed E-state index contributed by atoms with van der Waals surface area (Å²) >= 11 is 0.858. The van der Waals surface area contributed by atoms with Crippen LogP contribution in [0.5, 0.6) is 0 Å². The molecule has 3 aromatic rings. The van der Waals surface area contributed by atoms with E-state index in [1.165, 1.54) is 18.2 Å². The van der Waals surface area contributed by atoms with Crippen molar-refractivity contribution in [3.8, 4) is 0 Å². The van der Waals surface area contributed by atoms with Gasteiger partial charge in [-0.3, -0.25) is 10.1 Å². The largest absolute Gasteiger partial charge is 0.430 e. The molecule has 1 fully saturated rings. The van der Waals surface area contributed by atoms with Crippen LogP contribution in [-0.4, -0.2) is 47.3 Å². The zero-order valence-electron chi connectivity index (χ0n) is 16.7. The van der Waals surface area contributed by atoms with Crippen molar-refractivity contribution < 1.29 is 32.3 Å². The topological polar surface area (TPSA) is 115 Å². The van der Waals surface area contributed by atoms with Crippen molar-refractivity contribution in [3.63, 3.8) is 0 Å². The highest BCUT2D eigenvalue weighted by Gasteiger charge is 2.61. The standard InChI is InChI=1S/C20H17F4N5O3S/c21-11-2-4-12(5-3-11)27-17(31)29-18-28-14-6-1-10(7-15(14)33-18)19(32,20(22,23)24)16(30)26-13-8-25-9-13/h1-7,13,25,32H,8-9H2,(H,26,30)(H2,27,28,29,31). The van der Waals surface area contributed by atoms with Gasteiger partial charge in [-0.05, 0) is 36.4 Å². The summed E-state index contributed by atoms with van der Waals surface area (Å²) in [5.41, 5.74) is -3.85. The molecule has 0 bridgehead atoms. The molecule has 0 radical (unpaired) electrons. The van der Waals surface area contributed by atoms with Crippen LogP contribution in [0.25, 0.3) is 10.2 Å². The Morgan fingerprint density at radius 2 is 1.79 bits per heavy atom. The molecular weight excluding hydrogens is 466 g/mol. The number of aromatic nitrogens is 1. The zero-order chi connectivity index (χ0) is 23.8. The highest BCUT2D eigenvalue weighted by molar-refractivity contribution is 7.22. The van der Waals surface area contributed by atoms with E-state index in [1.54, 1.807) is 0 Å². The van der Waals surface area contributed by atoms with Gasteiger partial charge in [-0.25, -0.2) is 14.2 Å². The quantitative estimate of drug-likeness (QED) is 0.358. The number of carbonyl (C=O) groups is 2. The lowest BCUT2D eigenvalue weighted by Crippen LogP contribution is -2.63. The monoisotopic (exact) mass is 483 g/mol. The average molecular weight is 483 g/mol. The molecule has 1 atom stereocenters. The normalized spacial score (nSPS) is 16.0. The lowest BCUT2D eigenvalue weighted by molar-refractivity contribution is -0.257. The number of hydrogen-bond acceptors (Lipinski definition) is 6. The summed E-state index contributed by atoms with van der Waals surface area (Å²) in [6.07, 6.45) is -5.28. The second kappa shape index (κ2) is 8.57. The van der Waals surface area contributed by atoms with E-state index >= 15 is 0 Å². The highest BCUT2D eigenvalue weighted by atomic mass is 32.1. The maximum atomic E-state index is 13.8. The van der Waals surface area contributed by atoms with E-state index in [2.05, 4.69) is 26.3 Å². The molecule has 2 heterocycles. The van der Waals surface area contributed by atoms with Gasteiger partial charge in [0.1, 0.15) is 5.82 Å². The molecule has 3 amide bonds. The molecule has 1 unspecified atom stereocenters. The number of anilines is 2. The van der Waals surface area contributed by atoms with Crippen LogP contribution in [0.4, 0.5) is 33.2 Å². The Labute approximate surface area is 188 Å². The number of hydrogen-bond donors (Lipinski definition) is 5. The van der Waals surface area contributed by atoms with Crippen molar-refractivity contribution in [2.45, 2.75) is 17.8 Å². The molecule has 33 heavy (non-hydrogen) atoms. The van der Waals surface area contributed by atoms with Crippen LogP contribution in [0.2, 0.25) is 0 Å². The maximum Gasteiger partial charge on any atom is 0.430 e. The molecule has 0 aliphatic carbocycles. The summed E-state index contributed by atoms with van der Waals surface area (Å²) in [7, 11) is 0. The molecule has 1 aromatic heterocycles. The minimum absolute atomic E-state index is 0.0716. The lowest BCUT2D eigenvalue weighted by atomic mass is 9.91. The first-order chi connectivity index (χ1) is 15.6. The summed E-state index contributed by atoms with van der Waals surface area (Å²) in [6, 6.07) is 7.03. The first-order valence-corrected chi connectivity index (χ1v) is 10.4. The van der Waals surface area contributed by atoms with Crippen LogP contribution >= 0.6 is 11.3 Å². The van der Waals surface area contributed by atoms with Crippen LogP contribution in [0.1, 0.15) is 5.56 Å². The van der Waals surface area contributed by atoms with Crippen molar-refractivity contribution in [1.29, 1.82) is 0 Å². The Hall–Kier alpha value is -3.29. The smallest absolute Gasteiger partial charge is 0.369 e. The van der Waals surface area contributed by atoms with E-state index in [0.717, 1.165) is 35.6 Å². The SMILES string of the molecule is O=C(Nc1ccc(F)cc1)Nc1nc2ccc(C(O)(C(=O)NC3CNC3)C(F)(F)F)cc2s1. The van der Waals surface area contributed by atoms with Gasteiger partial charge in [0, 0.05) is 24.3 Å². The predicted octanol–water partition coefficient (Wildman–Crippen LogP) is 2.92. The van der Waals surface area contributed by atoms with E-state index in [0.29, 0.717) is 18.8 Å². The molecule has 1 aliphatic heterocycles. The van der Waals surface area contributed by atoms with Crippen molar-refractivity contribution in [1.82, 2.24) is 15.6 Å². The van der Waals surface area contributed by atoms with E-state index in [4.69, 9.17) is 0 Å². The van der Waals surface area contributed by atoms with E-state index in [9.17, 15) is 32.3 Å². The summed E-state index contributed by atoms with van der Waals surface area (Å²) in [6.45, 7) is 0.616. The van der Waals surface area contributed by atoms with Gasteiger partial charge in [0.05, 0.1) is 16.3 Å². The minimum Gasteiger partial charge on any atom is -0.369 e. The van der Waals surface area contributed by atoms with E-state index in [-0.39, 0.29) is 15.3 Å². The van der Waals surface area contributed by atoms with Gasteiger partial charge in [0.15, 0.2) is 5.13 Å². The van der Waals surface area contributed by atoms with Gasteiger partial charge in [0.2, 0.25) is 0 Å². The predicted molar refractivity (Wildman–Crippen MR) is 113 cm³/mol. The van der Waals surface area contributed by atoms with Gasteiger partial charge in [-0.1, -0.05) is 17.4 Å². The van der Waals surface area contributed by atoms with Crippen LogP contribution in [0, 0.1) is 5.82 Å². The highest BCUT2D eigenvalue weighted by Crippen LogP contribution is 2.41. The summed E-state index contributed by atoms with van der Waals surface area (Å²) in [4.78, 5) is 28.6. The third-order valence-corrected chi connectivity index (χ3v) is 5.92. The number of fused-ring (bicyclic) bond motifs is 1. The number of alkyl halides is 3. The molecule has 8 nitrogen and oxygen atoms in total. The number of carbonyl (C=O) groups excluding carboxylic acids is 2.